The molecule has 0 saturated carbocycles. The Kier molecular flexibility index (Phi) is 12.6. The predicted octanol–water partition coefficient (Wildman–Crippen LogP) is 23.5. The molecule has 0 radical (unpaired) electrons. The van der Waals surface area contributed by atoms with E-state index in [1.54, 1.807) is 0 Å². The van der Waals surface area contributed by atoms with Crippen LogP contribution in [0.2, 0.25) is 0 Å². The molecule has 11 aromatic heterocycles. The van der Waals surface area contributed by atoms with Crippen LogP contribution in [0.4, 0.5) is 0 Å². The molecule has 0 fully saturated rings. The third-order valence-corrected chi connectivity index (χ3v) is 34.0. The van der Waals surface area contributed by atoms with Gasteiger partial charge < -0.3 is 36.4 Å². The van der Waals surface area contributed by atoms with Gasteiger partial charge in [0.05, 0.1) is 80.5 Å². The maximum Gasteiger partial charge on any atom is 0.252 e. The second-order valence-corrected chi connectivity index (χ2v) is 40.5. The number of furan rings is 1. The summed E-state index contributed by atoms with van der Waals surface area (Å²) in [7, 11) is 0. The van der Waals surface area contributed by atoms with Gasteiger partial charge in [0.15, 0.2) is 5.58 Å². The highest BCUT2D eigenvalue weighted by molar-refractivity contribution is 7.28. The molecule has 17 heterocycles. The van der Waals surface area contributed by atoms with Gasteiger partial charge in [0.2, 0.25) is 0 Å². The number of para-hydroxylation sites is 9. The second-order valence-electron chi connectivity index (χ2n) is 37.3. The zero-order valence-corrected chi connectivity index (χ0v) is 72.5. The van der Waals surface area contributed by atoms with Gasteiger partial charge in [-0.3, -0.25) is 0 Å². The van der Waals surface area contributed by atoms with E-state index in [-0.39, 0.29) is 25.6 Å². The first-order chi connectivity index (χ1) is 63.1. The summed E-state index contributed by atoms with van der Waals surface area (Å²) in [5.74, 6) is 0. The molecule has 0 bridgehead atoms. The van der Waals surface area contributed by atoms with E-state index in [1.807, 2.05) is 34.0 Å². The molecule has 1 aliphatic carbocycles. The summed E-state index contributed by atoms with van der Waals surface area (Å²) in [4.78, 5) is 0. The zero-order chi connectivity index (χ0) is 83.3. The summed E-state index contributed by atoms with van der Waals surface area (Å²) < 4.78 is 32.8. The van der Waals surface area contributed by atoms with E-state index >= 15 is 0 Å². The zero-order valence-electron chi connectivity index (χ0n) is 70.1. The summed E-state index contributed by atoms with van der Waals surface area (Å²) in [5.41, 5.74) is 50.2. The first kappa shape index (κ1) is 68.5. The fraction of sp³-hybridized carbons (Fsp3) is 0.0526. The normalized spacial score (nSPS) is 14.0. The number of hydrogen-bond acceptors (Lipinski definition) is 4. The highest BCUT2D eigenvalue weighted by Gasteiger charge is 2.49. The van der Waals surface area contributed by atoms with Crippen LogP contribution in [0.25, 0.3) is 221 Å². The highest BCUT2D eigenvalue weighted by Crippen LogP contribution is 2.56. The predicted molar refractivity (Wildman–Crippen MR) is 546 cm³/mol. The van der Waals surface area contributed by atoms with Gasteiger partial charge in [-0.05, 0) is 189 Å². The lowest BCUT2D eigenvalue weighted by Crippen LogP contribution is -2.59. The van der Waals surface area contributed by atoms with E-state index in [9.17, 15) is 0 Å². The quantitative estimate of drug-likeness (QED) is 0.151. The monoisotopic (exact) mass is 1680 g/mol. The van der Waals surface area contributed by atoms with Crippen molar-refractivity contribution in [1.29, 1.82) is 0 Å². The number of thiophene rings is 3. The molecule has 0 unspecified atom stereocenters. The van der Waals surface area contributed by atoms with Crippen molar-refractivity contribution in [2.75, 3.05) is 0 Å². The molecule has 0 saturated heterocycles. The maximum atomic E-state index is 6.57. The Hall–Kier alpha value is -14.8. The smallest absolute Gasteiger partial charge is 0.252 e. The molecule has 6 aliphatic heterocycles. The van der Waals surface area contributed by atoms with Gasteiger partial charge in [-0.1, -0.05) is 244 Å². The van der Waals surface area contributed by atoms with Gasteiger partial charge in [-0.25, -0.2) is 0 Å². The van der Waals surface area contributed by atoms with E-state index in [0.717, 1.165) is 11.2 Å². The van der Waals surface area contributed by atoms with Crippen molar-refractivity contribution in [3.05, 3.63) is 349 Å². The minimum absolute atomic E-state index is 0.0616. The van der Waals surface area contributed by atoms with E-state index in [1.165, 1.54) is 287 Å². The third kappa shape index (κ3) is 7.99. The van der Waals surface area contributed by atoms with Gasteiger partial charge in [-0.15, -0.1) is 34.0 Å². The van der Waals surface area contributed by atoms with Crippen LogP contribution in [0.1, 0.15) is 41.7 Å². The van der Waals surface area contributed by atoms with E-state index < -0.39 is 0 Å². The molecular formula is C114H68B3N7OS3. The van der Waals surface area contributed by atoms with Crippen molar-refractivity contribution >= 4 is 274 Å². The van der Waals surface area contributed by atoms with Crippen molar-refractivity contribution < 1.29 is 4.42 Å². The Morgan fingerprint density at radius 3 is 1.10 bits per heavy atom. The largest absolute Gasteiger partial charge is 0.454 e. The lowest BCUT2D eigenvalue weighted by atomic mass is 9.34. The molecule has 34 rings (SSSR count). The molecule has 0 atom stereocenters. The van der Waals surface area contributed by atoms with Gasteiger partial charge in [0.25, 0.3) is 20.1 Å². The lowest BCUT2D eigenvalue weighted by molar-refractivity contribution is 0.666. The minimum atomic E-state index is -0.0616. The van der Waals surface area contributed by atoms with Gasteiger partial charge in [-0.2, -0.15) is 0 Å². The molecule has 16 aromatic carbocycles. The Morgan fingerprint density at radius 2 is 0.609 bits per heavy atom. The van der Waals surface area contributed by atoms with E-state index in [2.05, 4.69) is 388 Å². The number of hydrogen-bond donors (Lipinski definition) is 0. The van der Waals surface area contributed by atoms with Crippen LogP contribution < -0.4 is 49.2 Å². The average molecular weight is 1680 g/mol. The van der Waals surface area contributed by atoms with E-state index in [4.69, 9.17) is 4.42 Å². The highest BCUT2D eigenvalue weighted by atomic mass is 32.1. The Balaban J connectivity index is 0.0000000900. The fourth-order valence-electron chi connectivity index (χ4n) is 26.0. The van der Waals surface area contributed by atoms with Gasteiger partial charge in [0.1, 0.15) is 11.1 Å². The average Bonchev–Trinajstić information content (AvgIpc) is 1.49. The summed E-state index contributed by atoms with van der Waals surface area (Å²) >= 11 is 5.79. The maximum absolute atomic E-state index is 6.57. The van der Waals surface area contributed by atoms with Gasteiger partial charge >= 0.3 is 0 Å². The van der Waals surface area contributed by atoms with Crippen molar-refractivity contribution in [3.8, 4) is 51.1 Å². The molecule has 27 aromatic rings. The SMILES string of the molecule is Cc1cc2c3c(c1)-n1c4c(cccc4c4c1c1ccccc1n4-c1ccccc1)B3c1cccc3c4sc5ccccc5c4n-2c13.Cc1cc2c3c(c1)-n1c4c(cccc4c4sc5ccccc5c41)B3c1cccc3c4c(n-2c13)-c1ccccc1C4(C)C.Cc1cc2c3c(c1)-n1c4c(cccc4c4sc5ccccc5c41)B3c1cccc3c4oc5ccccc5c4n-2c13. The molecule has 0 N–H and O–H groups in total. The minimum Gasteiger partial charge on any atom is -0.454 e. The van der Waals surface area contributed by atoms with Crippen LogP contribution in [-0.2, 0) is 5.41 Å². The molecule has 128 heavy (non-hydrogen) atoms. The molecular weight excluding hydrogens is 1610 g/mol. The van der Waals surface area contributed by atoms with Crippen molar-refractivity contribution in [2.45, 2.75) is 40.0 Å². The molecule has 0 amide bonds. The Morgan fingerprint density at radius 1 is 0.266 bits per heavy atom. The number of rotatable bonds is 1. The first-order valence-corrected chi connectivity index (χ1v) is 47.2. The summed E-state index contributed by atoms with van der Waals surface area (Å²) in [6.45, 7) is 12.1. The summed E-state index contributed by atoms with van der Waals surface area (Å²) in [6.07, 6.45) is 0. The molecule has 14 heteroatoms. The van der Waals surface area contributed by atoms with Crippen LogP contribution in [0, 0.1) is 20.8 Å². The number of nitrogens with zero attached hydrogens (tertiary/aromatic N) is 7. The fourth-order valence-corrected chi connectivity index (χ4v) is 29.6. The standard InChI is InChI=1S/C41H24BN3S.C38H25BN2S.C35H19BN2OS/c1-23-21-32-35-33(22-23)45-37-28(41-40(45)26-14-6-8-20-34(26)46-41)16-10-18-30(37)42(35)29-17-9-15-27-36(29)44(32)38-25-13-5-7-19-31(25)43(39(27)38)24-11-3-2-4-12-24;1-20-18-28-32-29(19-20)41-34-24(37-36(41)22-11-5-7-17-30(22)42-37)13-9-16-27(34)39(32)26-15-8-12-23-31-35(40(28)33(23)26)21-10-4-6-14-25(21)38(31,2)3;1-18-16-25-29-26(17-18)38-31-22(35-33(38)20-9-3-5-15-28(20)40-35)11-7-13-24(31)36(29)23-12-6-10-21-30(23)37(25)32-19-8-2-4-14-27(19)39-34(21)32/h2-22H,1H3;4-19H,1-3H3;2-17H,1H3. The molecule has 8 nitrogen and oxygen atoms in total. The Labute approximate surface area is 744 Å². The van der Waals surface area contributed by atoms with Crippen LogP contribution in [0.5, 0.6) is 0 Å². The van der Waals surface area contributed by atoms with Crippen LogP contribution in [0.15, 0.2) is 326 Å². The second kappa shape index (κ2) is 23.5. The van der Waals surface area contributed by atoms with Crippen LogP contribution >= 0.6 is 34.0 Å². The number of fused-ring (bicyclic) bond motifs is 42. The van der Waals surface area contributed by atoms with Crippen LogP contribution in [0.3, 0.4) is 0 Å². The number of benzene rings is 16. The van der Waals surface area contributed by atoms with Crippen molar-refractivity contribution in [2.24, 2.45) is 0 Å². The van der Waals surface area contributed by atoms with E-state index in [0.29, 0.717) is 0 Å². The summed E-state index contributed by atoms with van der Waals surface area (Å²) in [6, 6.07) is 120. The van der Waals surface area contributed by atoms with Crippen molar-refractivity contribution in [1.82, 2.24) is 32.0 Å². The van der Waals surface area contributed by atoms with Crippen molar-refractivity contribution in [3.63, 3.8) is 0 Å². The summed E-state index contributed by atoms with van der Waals surface area (Å²) in [5, 5.41) is 14.5. The molecule has 7 aliphatic rings. The lowest BCUT2D eigenvalue weighted by Gasteiger charge is -2.34. The third-order valence-electron chi connectivity index (χ3n) is 30.5. The molecule has 0 spiro atoms. The Bertz CT molecular complexity index is 9810. The van der Waals surface area contributed by atoms with Crippen LogP contribution in [-0.4, -0.2) is 52.1 Å². The first-order valence-electron chi connectivity index (χ1n) is 44.7. The van der Waals surface area contributed by atoms with Gasteiger partial charge in [0, 0.05) is 130 Å². The molecule has 592 valence electrons. The number of aryl methyl sites for hydroxylation is 3. The number of aromatic nitrogens is 7. The topological polar surface area (TPSA) is 47.6 Å².